The molecule has 2 aromatic carbocycles. The molecular formula is C27H28F3N3O3S. The summed E-state index contributed by atoms with van der Waals surface area (Å²) < 4.78 is 47.5. The first-order valence-corrected chi connectivity index (χ1v) is 13.1. The van der Waals surface area contributed by atoms with Crippen LogP contribution in [0.15, 0.2) is 53.4 Å². The van der Waals surface area contributed by atoms with Gasteiger partial charge in [0.05, 0.1) is 10.9 Å². The molecule has 3 aromatic rings. The molecule has 2 aliphatic rings. The van der Waals surface area contributed by atoms with Crippen molar-refractivity contribution in [2.24, 2.45) is 17.8 Å². The highest BCUT2D eigenvalue weighted by atomic mass is 32.1. The van der Waals surface area contributed by atoms with Crippen LogP contribution in [-0.4, -0.2) is 46.9 Å². The number of aromatic nitrogens is 1. The van der Waals surface area contributed by atoms with E-state index in [9.17, 15) is 18.0 Å². The molecule has 5 rings (SSSR count). The molecule has 37 heavy (non-hydrogen) atoms. The number of thiazole rings is 1. The van der Waals surface area contributed by atoms with Crippen molar-refractivity contribution in [1.82, 2.24) is 14.8 Å². The average molecular weight is 532 g/mol. The summed E-state index contributed by atoms with van der Waals surface area (Å²) in [6.45, 7) is 7.64. The second-order valence-corrected chi connectivity index (χ2v) is 10.7. The lowest BCUT2D eigenvalue weighted by molar-refractivity contribution is -0.274. The number of piperidine rings is 1. The van der Waals surface area contributed by atoms with E-state index in [4.69, 9.17) is 4.74 Å². The molecule has 0 N–H and O–H groups in total. The van der Waals surface area contributed by atoms with Crippen LogP contribution in [-0.2, 0) is 13.1 Å². The van der Waals surface area contributed by atoms with Crippen LogP contribution in [0, 0.1) is 31.6 Å². The minimum Gasteiger partial charge on any atom is -0.406 e. The molecule has 2 unspecified atom stereocenters. The maximum atomic E-state index is 13.0. The van der Waals surface area contributed by atoms with E-state index in [0.29, 0.717) is 29.9 Å². The van der Waals surface area contributed by atoms with Crippen LogP contribution in [0.2, 0.25) is 0 Å². The maximum absolute atomic E-state index is 13.0. The Kier molecular flexibility index (Phi) is 7.13. The fraction of sp³-hybridized carbons (Fsp3) is 0.407. The highest BCUT2D eigenvalue weighted by molar-refractivity contribution is 7.07. The molecule has 2 atom stereocenters. The summed E-state index contributed by atoms with van der Waals surface area (Å²) in [6, 6.07) is 12.3. The lowest BCUT2D eigenvalue weighted by Gasteiger charge is -2.25. The van der Waals surface area contributed by atoms with E-state index in [2.05, 4.69) is 46.7 Å². The van der Waals surface area contributed by atoms with Gasteiger partial charge in [-0.05, 0) is 54.9 Å². The number of benzene rings is 2. The Morgan fingerprint density at radius 1 is 1.11 bits per heavy atom. The van der Waals surface area contributed by atoms with Gasteiger partial charge < -0.3 is 14.4 Å². The second kappa shape index (κ2) is 10.3. The molecule has 1 aliphatic heterocycles. The minimum atomic E-state index is -4.78. The number of rotatable bonds is 8. The monoisotopic (exact) mass is 531 g/mol. The number of fused-ring (bicyclic) bond motifs is 1. The summed E-state index contributed by atoms with van der Waals surface area (Å²) in [5, 5.41) is 1.63. The molecule has 1 amide bonds. The van der Waals surface area contributed by atoms with E-state index < -0.39 is 12.5 Å². The lowest BCUT2D eigenvalue weighted by atomic mass is 10.1. The van der Waals surface area contributed by atoms with Crippen LogP contribution in [0.25, 0.3) is 0 Å². The van der Waals surface area contributed by atoms with E-state index in [1.165, 1.54) is 46.2 Å². The van der Waals surface area contributed by atoms with Crippen molar-refractivity contribution in [3.05, 3.63) is 75.6 Å². The van der Waals surface area contributed by atoms with Gasteiger partial charge in [-0.15, -0.1) is 24.5 Å². The molecule has 10 heteroatoms. The molecule has 1 saturated heterocycles. The normalized spacial score (nSPS) is 20.9. The van der Waals surface area contributed by atoms with Crippen molar-refractivity contribution in [2.45, 2.75) is 33.3 Å². The van der Waals surface area contributed by atoms with Crippen molar-refractivity contribution in [2.75, 3.05) is 19.6 Å². The Morgan fingerprint density at radius 2 is 1.84 bits per heavy atom. The predicted octanol–water partition coefficient (Wildman–Crippen LogP) is 6.04. The van der Waals surface area contributed by atoms with E-state index in [-0.39, 0.29) is 18.2 Å². The topological polar surface area (TPSA) is 54.9 Å². The SMILES string of the molecule is Cc1cc(C)cc(CN2CC3C(C2)C3CN(Cc2cccc(OC(F)(F)F)c2)C(=O)Oc2cscn2)c1. The minimum absolute atomic E-state index is 0.111. The number of carbonyl (C=O) groups excluding carboxylic acids is 1. The van der Waals surface area contributed by atoms with Gasteiger partial charge in [-0.2, -0.15) is 0 Å². The van der Waals surface area contributed by atoms with Crippen LogP contribution in [0.4, 0.5) is 18.0 Å². The molecule has 6 nitrogen and oxygen atoms in total. The van der Waals surface area contributed by atoms with Gasteiger partial charge in [0.2, 0.25) is 5.88 Å². The summed E-state index contributed by atoms with van der Waals surface area (Å²) in [4.78, 5) is 21.1. The van der Waals surface area contributed by atoms with Crippen LogP contribution in [0.3, 0.4) is 0 Å². The van der Waals surface area contributed by atoms with Gasteiger partial charge in [0.15, 0.2) is 0 Å². The Labute approximate surface area is 217 Å². The van der Waals surface area contributed by atoms with Gasteiger partial charge in [-0.25, -0.2) is 9.78 Å². The van der Waals surface area contributed by atoms with Gasteiger partial charge in [0.1, 0.15) is 5.75 Å². The summed E-state index contributed by atoms with van der Waals surface area (Å²) >= 11 is 1.31. The van der Waals surface area contributed by atoms with E-state index in [1.807, 2.05) is 0 Å². The summed E-state index contributed by atoms with van der Waals surface area (Å²) in [7, 11) is 0. The third kappa shape index (κ3) is 6.61. The van der Waals surface area contributed by atoms with E-state index in [1.54, 1.807) is 21.9 Å². The standard InChI is InChI=1S/C27H28F3N3O3S/c1-17-6-18(2)8-20(7-17)10-32-12-22-23(13-32)24(22)14-33(26(34)35-25-15-37-16-31-25)11-19-4-3-5-21(9-19)36-27(28,29)30/h3-9,15-16,22-24H,10-14H2,1-2H3. The number of halogens is 3. The largest absolute Gasteiger partial charge is 0.573 e. The highest BCUT2D eigenvalue weighted by Gasteiger charge is 2.56. The zero-order chi connectivity index (χ0) is 26.2. The van der Waals surface area contributed by atoms with Gasteiger partial charge in [-0.1, -0.05) is 41.5 Å². The third-order valence-corrected chi connectivity index (χ3v) is 7.50. The molecule has 1 aliphatic carbocycles. The molecule has 0 bridgehead atoms. The quantitative estimate of drug-likeness (QED) is 0.355. The molecular weight excluding hydrogens is 503 g/mol. The van der Waals surface area contributed by atoms with Crippen molar-refractivity contribution >= 4 is 17.4 Å². The summed E-state index contributed by atoms with van der Waals surface area (Å²) in [5.41, 5.74) is 5.93. The Bertz CT molecular complexity index is 1220. The molecule has 196 valence electrons. The van der Waals surface area contributed by atoms with Crippen molar-refractivity contribution in [3.63, 3.8) is 0 Å². The Hall–Kier alpha value is -3.11. The van der Waals surface area contributed by atoms with Gasteiger partial charge in [-0.3, -0.25) is 4.90 Å². The van der Waals surface area contributed by atoms with E-state index in [0.717, 1.165) is 19.6 Å². The molecule has 1 aromatic heterocycles. The van der Waals surface area contributed by atoms with Gasteiger partial charge >= 0.3 is 12.5 Å². The van der Waals surface area contributed by atoms with Crippen LogP contribution < -0.4 is 9.47 Å². The Morgan fingerprint density at radius 3 is 2.49 bits per heavy atom. The number of hydrogen-bond donors (Lipinski definition) is 0. The number of alkyl halides is 3. The smallest absolute Gasteiger partial charge is 0.406 e. The molecule has 0 radical (unpaired) electrons. The Balaban J connectivity index is 1.23. The molecule has 1 saturated carbocycles. The summed E-state index contributed by atoms with van der Waals surface area (Å²) in [6.07, 6.45) is -5.35. The summed E-state index contributed by atoms with van der Waals surface area (Å²) in [5.74, 6) is 1.20. The first-order chi connectivity index (χ1) is 17.6. The van der Waals surface area contributed by atoms with Crippen molar-refractivity contribution < 1.29 is 27.4 Å². The predicted molar refractivity (Wildman–Crippen MR) is 133 cm³/mol. The van der Waals surface area contributed by atoms with Crippen LogP contribution in [0.1, 0.15) is 22.3 Å². The van der Waals surface area contributed by atoms with Gasteiger partial charge in [0.25, 0.3) is 0 Å². The van der Waals surface area contributed by atoms with Crippen molar-refractivity contribution in [3.8, 4) is 11.6 Å². The number of carbonyl (C=O) groups is 1. The number of aryl methyl sites for hydroxylation is 2. The maximum Gasteiger partial charge on any atom is 0.573 e. The molecule has 2 fully saturated rings. The second-order valence-electron chi connectivity index (χ2n) is 9.95. The number of hydrogen-bond acceptors (Lipinski definition) is 6. The lowest BCUT2D eigenvalue weighted by Crippen LogP contribution is -2.36. The zero-order valence-corrected chi connectivity index (χ0v) is 21.4. The fourth-order valence-corrected chi connectivity index (χ4v) is 5.93. The number of ether oxygens (including phenoxy) is 2. The first-order valence-electron chi connectivity index (χ1n) is 12.1. The average Bonchev–Trinajstić information content (AvgIpc) is 3.16. The van der Waals surface area contributed by atoms with E-state index >= 15 is 0 Å². The molecule has 2 heterocycles. The third-order valence-electron chi connectivity index (χ3n) is 6.93. The number of amides is 1. The van der Waals surface area contributed by atoms with Crippen LogP contribution in [0.5, 0.6) is 11.6 Å². The number of likely N-dealkylation sites (tertiary alicyclic amines) is 1. The highest BCUT2D eigenvalue weighted by Crippen LogP contribution is 2.52. The first kappa shape index (κ1) is 25.5. The van der Waals surface area contributed by atoms with Gasteiger partial charge in [0, 0.05) is 32.7 Å². The van der Waals surface area contributed by atoms with Crippen LogP contribution >= 0.6 is 11.3 Å². The fourth-order valence-electron chi connectivity index (χ4n) is 5.48. The zero-order valence-electron chi connectivity index (χ0n) is 20.6. The number of nitrogens with zero attached hydrogens (tertiary/aromatic N) is 3. The molecule has 0 spiro atoms. The van der Waals surface area contributed by atoms with Crippen molar-refractivity contribution in [1.29, 1.82) is 0 Å².